The first-order chi connectivity index (χ1) is 8.88. The molecule has 0 saturated carbocycles. The highest BCUT2D eigenvalue weighted by atomic mass is 79.9. The molecule has 0 N–H and O–H groups in total. The molecule has 19 heavy (non-hydrogen) atoms. The number of anilines is 1. The third-order valence-corrected chi connectivity index (χ3v) is 4.29. The number of rotatable bonds is 2. The molecule has 7 heteroatoms. The van der Waals surface area contributed by atoms with Crippen LogP contribution in [0.4, 0.5) is 14.5 Å². The van der Waals surface area contributed by atoms with Gasteiger partial charge in [0, 0.05) is 31.2 Å². The van der Waals surface area contributed by atoms with E-state index in [2.05, 4.69) is 15.9 Å². The second-order valence-corrected chi connectivity index (χ2v) is 6.49. The van der Waals surface area contributed by atoms with Gasteiger partial charge in [-0.15, -0.1) is 0 Å². The highest BCUT2D eigenvalue weighted by Gasteiger charge is 2.33. The predicted molar refractivity (Wildman–Crippen MR) is 73.1 cm³/mol. The van der Waals surface area contributed by atoms with Crippen LogP contribution in [-0.4, -0.2) is 22.8 Å². The molecule has 1 saturated heterocycles. The Hall–Kier alpha value is -0.950. The van der Waals surface area contributed by atoms with Gasteiger partial charge in [-0.3, -0.25) is 9.59 Å². The maximum absolute atomic E-state index is 13.8. The Balaban J connectivity index is 2.25. The normalized spacial score (nSPS) is 19.1. The van der Waals surface area contributed by atoms with Gasteiger partial charge in [0.2, 0.25) is 5.91 Å². The zero-order chi connectivity index (χ0) is 14.2. The van der Waals surface area contributed by atoms with Crippen LogP contribution in [-0.2, 0) is 9.59 Å². The molecular weight excluding hydrogens is 340 g/mol. The van der Waals surface area contributed by atoms with Crippen LogP contribution in [0.3, 0.4) is 0 Å². The van der Waals surface area contributed by atoms with Crippen molar-refractivity contribution in [3.05, 3.63) is 28.2 Å². The van der Waals surface area contributed by atoms with Crippen molar-refractivity contribution in [2.45, 2.75) is 18.6 Å². The molecule has 0 aromatic heterocycles. The third kappa shape index (κ3) is 3.14. The number of carbonyl (C=O) groups is 2. The fourth-order valence-electron chi connectivity index (χ4n) is 1.94. The highest BCUT2D eigenvalue weighted by Crippen LogP contribution is 2.32. The number of carbonyl (C=O) groups excluding carboxylic acids is 2. The average molecular weight is 350 g/mol. The summed E-state index contributed by atoms with van der Waals surface area (Å²) in [5, 5.41) is -0.307. The van der Waals surface area contributed by atoms with E-state index in [0.717, 1.165) is 23.9 Å². The van der Waals surface area contributed by atoms with Crippen LogP contribution in [0.1, 0.15) is 13.3 Å². The molecule has 0 radical (unpaired) electrons. The van der Waals surface area contributed by atoms with Gasteiger partial charge in [0.1, 0.15) is 11.6 Å². The summed E-state index contributed by atoms with van der Waals surface area (Å²) in [6.07, 6.45) is 0.154. The fraction of sp³-hybridized carbons (Fsp3) is 0.333. The van der Waals surface area contributed by atoms with Crippen molar-refractivity contribution in [1.29, 1.82) is 0 Å². The van der Waals surface area contributed by atoms with Gasteiger partial charge in [-0.05, 0) is 22.0 Å². The number of halogens is 3. The lowest BCUT2D eigenvalue weighted by molar-refractivity contribution is -0.117. The van der Waals surface area contributed by atoms with Gasteiger partial charge in [0.05, 0.1) is 10.2 Å². The van der Waals surface area contributed by atoms with E-state index in [1.165, 1.54) is 11.8 Å². The molecule has 0 bridgehead atoms. The maximum atomic E-state index is 13.8. The monoisotopic (exact) mass is 349 g/mol. The fourth-order valence-corrected chi connectivity index (χ4v) is 3.17. The minimum absolute atomic E-state index is 0.00931. The first kappa shape index (κ1) is 14.5. The van der Waals surface area contributed by atoms with E-state index < -0.39 is 11.6 Å². The van der Waals surface area contributed by atoms with Crippen molar-refractivity contribution in [3.8, 4) is 0 Å². The zero-order valence-electron chi connectivity index (χ0n) is 9.95. The minimum atomic E-state index is -0.671. The maximum Gasteiger partial charge on any atom is 0.228 e. The highest BCUT2D eigenvalue weighted by molar-refractivity contribution is 9.10. The number of benzene rings is 1. The number of nitrogens with zero attached hydrogens (tertiary/aromatic N) is 1. The number of amides is 1. The summed E-state index contributed by atoms with van der Waals surface area (Å²) in [4.78, 5) is 24.0. The minimum Gasteiger partial charge on any atom is -0.308 e. The van der Waals surface area contributed by atoms with Crippen LogP contribution < -0.4 is 4.90 Å². The largest absolute Gasteiger partial charge is 0.308 e. The van der Waals surface area contributed by atoms with Gasteiger partial charge in [-0.2, -0.15) is 0 Å². The van der Waals surface area contributed by atoms with E-state index in [-0.39, 0.29) is 39.4 Å². The summed E-state index contributed by atoms with van der Waals surface area (Å²) in [6.45, 7) is 1.62. The van der Waals surface area contributed by atoms with Crippen molar-refractivity contribution >= 4 is 44.4 Å². The summed E-state index contributed by atoms with van der Waals surface area (Å²) in [5.74, 6) is -1.61. The van der Waals surface area contributed by atoms with Crippen LogP contribution in [0.25, 0.3) is 0 Å². The van der Waals surface area contributed by atoms with Crippen LogP contribution in [0.15, 0.2) is 16.6 Å². The van der Waals surface area contributed by atoms with Crippen molar-refractivity contribution in [1.82, 2.24) is 0 Å². The van der Waals surface area contributed by atoms with Gasteiger partial charge >= 0.3 is 0 Å². The summed E-state index contributed by atoms with van der Waals surface area (Å²) in [7, 11) is 0. The summed E-state index contributed by atoms with van der Waals surface area (Å²) in [6, 6.07) is 1.97. The topological polar surface area (TPSA) is 37.4 Å². The van der Waals surface area contributed by atoms with E-state index in [0.29, 0.717) is 0 Å². The van der Waals surface area contributed by atoms with E-state index in [1.54, 1.807) is 0 Å². The van der Waals surface area contributed by atoms with Crippen LogP contribution in [0.5, 0.6) is 0 Å². The zero-order valence-corrected chi connectivity index (χ0v) is 12.4. The molecule has 1 amide bonds. The second kappa shape index (κ2) is 5.58. The summed E-state index contributed by atoms with van der Waals surface area (Å²) < 4.78 is 27.2. The van der Waals surface area contributed by atoms with Crippen molar-refractivity contribution < 1.29 is 18.4 Å². The van der Waals surface area contributed by atoms with E-state index in [4.69, 9.17) is 0 Å². The molecule has 1 unspecified atom stereocenters. The molecule has 1 heterocycles. The molecule has 1 fully saturated rings. The van der Waals surface area contributed by atoms with E-state index in [9.17, 15) is 18.4 Å². The molecule has 1 aliphatic rings. The molecular formula is C12H10BrF2NO2S. The SMILES string of the molecule is CC(=O)SC1CC(=O)N(c2cc(F)c(Br)cc2F)C1. The smallest absolute Gasteiger partial charge is 0.228 e. The quantitative estimate of drug-likeness (QED) is 0.770. The molecule has 102 valence electrons. The average Bonchev–Trinajstić information content (AvgIpc) is 2.63. The van der Waals surface area contributed by atoms with Gasteiger partial charge in [-0.25, -0.2) is 8.78 Å². The van der Waals surface area contributed by atoms with Crippen molar-refractivity contribution in [2.75, 3.05) is 11.4 Å². The van der Waals surface area contributed by atoms with Gasteiger partial charge in [0.25, 0.3) is 0 Å². The van der Waals surface area contributed by atoms with Crippen LogP contribution in [0, 0.1) is 11.6 Å². The Kier molecular flexibility index (Phi) is 4.25. The van der Waals surface area contributed by atoms with Crippen LogP contribution in [0.2, 0.25) is 0 Å². The predicted octanol–water partition coefficient (Wildman–Crippen LogP) is 3.11. The Morgan fingerprint density at radius 1 is 1.42 bits per heavy atom. The Morgan fingerprint density at radius 2 is 2.11 bits per heavy atom. The molecule has 1 aromatic rings. The first-order valence-electron chi connectivity index (χ1n) is 5.50. The van der Waals surface area contributed by atoms with Gasteiger partial charge in [-0.1, -0.05) is 11.8 Å². The lowest BCUT2D eigenvalue weighted by atomic mass is 10.2. The first-order valence-corrected chi connectivity index (χ1v) is 7.18. The number of hydrogen-bond acceptors (Lipinski definition) is 3. The Labute approximate surface area is 121 Å². The summed E-state index contributed by atoms with van der Waals surface area (Å²) >= 11 is 3.93. The van der Waals surface area contributed by atoms with Crippen molar-refractivity contribution in [2.24, 2.45) is 0 Å². The molecule has 3 nitrogen and oxygen atoms in total. The molecule has 1 atom stereocenters. The van der Waals surface area contributed by atoms with Crippen molar-refractivity contribution in [3.63, 3.8) is 0 Å². The van der Waals surface area contributed by atoms with E-state index >= 15 is 0 Å². The molecule has 0 aliphatic carbocycles. The Morgan fingerprint density at radius 3 is 2.74 bits per heavy atom. The third-order valence-electron chi connectivity index (χ3n) is 2.70. The van der Waals surface area contributed by atoms with Gasteiger partial charge in [0.15, 0.2) is 5.12 Å². The molecule has 1 aliphatic heterocycles. The molecule has 0 spiro atoms. The lowest BCUT2D eigenvalue weighted by Gasteiger charge is -2.17. The standard InChI is InChI=1S/C12H10BrF2NO2S/c1-6(17)19-7-2-12(18)16(5-7)11-4-9(14)8(13)3-10(11)15/h3-4,7H,2,5H2,1H3. The number of thioether (sulfide) groups is 1. The number of hydrogen-bond donors (Lipinski definition) is 0. The van der Waals surface area contributed by atoms with Crippen LogP contribution >= 0.6 is 27.7 Å². The molecule has 2 rings (SSSR count). The Bertz CT molecular complexity index is 553. The lowest BCUT2D eigenvalue weighted by Crippen LogP contribution is -2.26. The van der Waals surface area contributed by atoms with Gasteiger partial charge < -0.3 is 4.90 Å². The van der Waals surface area contributed by atoms with E-state index in [1.807, 2.05) is 0 Å². The second-order valence-electron chi connectivity index (χ2n) is 4.16. The molecule has 1 aromatic carbocycles. The summed E-state index contributed by atoms with van der Waals surface area (Å²) in [5.41, 5.74) is -0.0858.